The van der Waals surface area contributed by atoms with Gasteiger partial charge >= 0.3 is 0 Å². The molecular weight excluding hydrogens is 326 g/mol. The summed E-state index contributed by atoms with van der Waals surface area (Å²) in [6.45, 7) is 0.533. The van der Waals surface area contributed by atoms with Crippen LogP contribution in [0.1, 0.15) is 17.6 Å². The lowest BCUT2D eigenvalue weighted by Crippen LogP contribution is -2.18. The second-order valence-corrected chi connectivity index (χ2v) is 5.42. The monoisotopic (exact) mass is 340 g/mol. The Kier molecular flexibility index (Phi) is 4.60. The predicted molar refractivity (Wildman–Crippen MR) is 82.1 cm³/mol. The van der Waals surface area contributed by atoms with Crippen molar-refractivity contribution in [3.05, 3.63) is 58.1 Å². The lowest BCUT2D eigenvalue weighted by Gasteiger charge is -2.23. The van der Waals surface area contributed by atoms with Gasteiger partial charge in [-0.2, -0.15) is 0 Å². The van der Waals surface area contributed by atoms with E-state index in [1.54, 1.807) is 24.1 Å². The van der Waals surface area contributed by atoms with Gasteiger partial charge in [0, 0.05) is 35.0 Å². The van der Waals surface area contributed by atoms with Crippen molar-refractivity contribution in [2.45, 2.75) is 13.0 Å². The number of nitrogen functional groups attached to an aromatic ring is 1. The molecule has 2 rings (SSSR count). The van der Waals surface area contributed by atoms with Crippen LogP contribution in [0.5, 0.6) is 0 Å². The highest BCUT2D eigenvalue weighted by molar-refractivity contribution is 9.10. The zero-order valence-electron chi connectivity index (χ0n) is 11.0. The molecule has 2 aromatic rings. The van der Waals surface area contributed by atoms with Crippen LogP contribution in [0.4, 0.5) is 20.2 Å². The van der Waals surface area contributed by atoms with E-state index < -0.39 is 6.43 Å². The molecule has 2 nitrogen and oxygen atoms in total. The number of halogens is 3. The van der Waals surface area contributed by atoms with Gasteiger partial charge in [0.1, 0.15) is 0 Å². The molecule has 5 heteroatoms. The van der Waals surface area contributed by atoms with Crippen molar-refractivity contribution in [2.75, 3.05) is 17.7 Å². The second-order valence-electron chi connectivity index (χ2n) is 4.57. The maximum Gasteiger partial charge on any atom is 0.265 e. The average Bonchev–Trinajstić information content (AvgIpc) is 2.41. The molecule has 0 saturated heterocycles. The summed E-state index contributed by atoms with van der Waals surface area (Å²) in [5, 5.41) is 0. The van der Waals surface area contributed by atoms with Crippen LogP contribution in [0.3, 0.4) is 0 Å². The van der Waals surface area contributed by atoms with Crippen molar-refractivity contribution in [1.82, 2.24) is 0 Å². The normalized spacial score (nSPS) is 10.8. The quantitative estimate of drug-likeness (QED) is 0.823. The lowest BCUT2D eigenvalue weighted by molar-refractivity contribution is 0.152. The van der Waals surface area contributed by atoms with Gasteiger partial charge in [0.2, 0.25) is 0 Å². The molecule has 0 atom stereocenters. The Labute approximate surface area is 125 Å². The summed E-state index contributed by atoms with van der Waals surface area (Å²) in [6, 6.07) is 12.3. The maximum absolute atomic E-state index is 13.1. The number of hydrogen-bond acceptors (Lipinski definition) is 2. The summed E-state index contributed by atoms with van der Waals surface area (Å²) < 4.78 is 27.1. The second kappa shape index (κ2) is 6.22. The van der Waals surface area contributed by atoms with Crippen LogP contribution in [-0.4, -0.2) is 7.05 Å². The smallest absolute Gasteiger partial charge is 0.265 e. The van der Waals surface area contributed by atoms with Gasteiger partial charge < -0.3 is 10.6 Å². The Morgan fingerprint density at radius 1 is 1.20 bits per heavy atom. The zero-order chi connectivity index (χ0) is 14.7. The molecule has 0 aromatic heterocycles. The van der Waals surface area contributed by atoms with Gasteiger partial charge in [-0.15, -0.1) is 0 Å². The summed E-state index contributed by atoms with van der Waals surface area (Å²) in [7, 11) is 1.79. The Hall–Kier alpha value is -1.62. The fourth-order valence-electron chi connectivity index (χ4n) is 2.06. The zero-order valence-corrected chi connectivity index (χ0v) is 12.6. The van der Waals surface area contributed by atoms with Crippen molar-refractivity contribution < 1.29 is 8.78 Å². The molecular formula is C15H15BrF2N2. The summed E-state index contributed by atoms with van der Waals surface area (Å²) in [6.07, 6.45) is -2.55. The molecule has 20 heavy (non-hydrogen) atoms. The van der Waals surface area contributed by atoms with Crippen molar-refractivity contribution in [2.24, 2.45) is 0 Å². The van der Waals surface area contributed by atoms with Crippen LogP contribution < -0.4 is 10.6 Å². The third-order valence-corrected chi connectivity index (χ3v) is 3.84. The molecule has 0 bridgehead atoms. The van der Waals surface area contributed by atoms with E-state index in [1.807, 2.05) is 24.3 Å². The van der Waals surface area contributed by atoms with E-state index in [1.165, 1.54) is 6.07 Å². The number of benzene rings is 2. The number of rotatable bonds is 4. The molecule has 2 aromatic carbocycles. The highest BCUT2D eigenvalue weighted by atomic mass is 79.9. The van der Waals surface area contributed by atoms with Crippen LogP contribution in [0.15, 0.2) is 46.9 Å². The Bertz CT molecular complexity index is 602. The van der Waals surface area contributed by atoms with E-state index in [-0.39, 0.29) is 5.56 Å². The lowest BCUT2D eigenvalue weighted by atomic mass is 10.1. The van der Waals surface area contributed by atoms with Gasteiger partial charge in [-0.3, -0.25) is 0 Å². The maximum atomic E-state index is 13.1. The fourth-order valence-corrected chi connectivity index (χ4v) is 2.47. The molecule has 0 saturated carbocycles. The molecule has 0 aliphatic carbocycles. The van der Waals surface area contributed by atoms with Gasteiger partial charge in [-0.25, -0.2) is 8.78 Å². The molecule has 0 amide bonds. The molecule has 0 radical (unpaired) electrons. The summed E-state index contributed by atoms with van der Waals surface area (Å²) in [5.74, 6) is 0. The van der Waals surface area contributed by atoms with E-state index in [2.05, 4.69) is 15.9 Å². The third kappa shape index (κ3) is 3.28. The van der Waals surface area contributed by atoms with Crippen molar-refractivity contribution in [1.29, 1.82) is 0 Å². The number of nitrogens with zero attached hydrogens (tertiary/aromatic N) is 1. The highest BCUT2D eigenvalue weighted by Crippen LogP contribution is 2.32. The van der Waals surface area contributed by atoms with E-state index in [0.29, 0.717) is 17.9 Å². The van der Waals surface area contributed by atoms with Crippen LogP contribution in [-0.2, 0) is 6.54 Å². The van der Waals surface area contributed by atoms with Gasteiger partial charge in [0.15, 0.2) is 0 Å². The van der Waals surface area contributed by atoms with Crippen molar-refractivity contribution in [3.63, 3.8) is 0 Å². The molecule has 106 valence electrons. The first-order valence-electron chi connectivity index (χ1n) is 6.11. The van der Waals surface area contributed by atoms with Gasteiger partial charge in [-0.1, -0.05) is 34.1 Å². The standard InChI is InChI=1S/C15H15BrF2N2/c1-20(9-10-4-2-3-5-13(10)16)14-7-6-11(19)8-12(14)15(17)18/h2-8,15H,9,19H2,1H3. The van der Waals surface area contributed by atoms with Crippen LogP contribution in [0.2, 0.25) is 0 Å². The summed E-state index contributed by atoms with van der Waals surface area (Å²) >= 11 is 3.46. The molecule has 0 aliphatic rings. The van der Waals surface area contributed by atoms with Crippen molar-refractivity contribution >= 4 is 27.3 Å². The predicted octanol–water partition coefficient (Wildman–Crippen LogP) is 4.61. The first-order chi connectivity index (χ1) is 9.49. The largest absolute Gasteiger partial charge is 0.399 e. The minimum Gasteiger partial charge on any atom is -0.399 e. The summed E-state index contributed by atoms with van der Waals surface area (Å²) in [5.41, 5.74) is 7.41. The van der Waals surface area contributed by atoms with E-state index in [0.717, 1.165) is 10.0 Å². The Morgan fingerprint density at radius 3 is 2.55 bits per heavy atom. The van der Waals surface area contributed by atoms with E-state index in [4.69, 9.17) is 5.73 Å². The first kappa shape index (κ1) is 14.8. The third-order valence-electron chi connectivity index (χ3n) is 3.06. The van der Waals surface area contributed by atoms with Crippen LogP contribution in [0, 0.1) is 0 Å². The summed E-state index contributed by atoms with van der Waals surface area (Å²) in [4.78, 5) is 1.79. The van der Waals surface area contributed by atoms with Gasteiger partial charge in [0.25, 0.3) is 6.43 Å². The minimum absolute atomic E-state index is 0.0421. The molecule has 2 N–H and O–H groups in total. The molecule has 0 fully saturated rings. The number of hydrogen-bond donors (Lipinski definition) is 1. The molecule has 0 heterocycles. The fraction of sp³-hybridized carbons (Fsp3) is 0.200. The van der Waals surface area contributed by atoms with E-state index >= 15 is 0 Å². The molecule has 0 aliphatic heterocycles. The average molecular weight is 341 g/mol. The molecule has 0 unspecified atom stereocenters. The Morgan fingerprint density at radius 2 is 1.90 bits per heavy atom. The van der Waals surface area contributed by atoms with Crippen LogP contribution >= 0.6 is 15.9 Å². The first-order valence-corrected chi connectivity index (χ1v) is 6.90. The SMILES string of the molecule is CN(Cc1ccccc1Br)c1ccc(N)cc1C(F)F. The van der Waals surface area contributed by atoms with Crippen molar-refractivity contribution in [3.8, 4) is 0 Å². The number of alkyl halides is 2. The van der Waals surface area contributed by atoms with Crippen LogP contribution in [0.25, 0.3) is 0 Å². The van der Waals surface area contributed by atoms with Gasteiger partial charge in [0.05, 0.1) is 0 Å². The Balaban J connectivity index is 2.30. The topological polar surface area (TPSA) is 29.3 Å². The minimum atomic E-state index is -2.55. The number of anilines is 2. The van der Waals surface area contributed by atoms with Gasteiger partial charge in [-0.05, 0) is 29.8 Å². The molecule has 0 spiro atoms. The van der Waals surface area contributed by atoms with E-state index in [9.17, 15) is 8.78 Å². The number of nitrogens with two attached hydrogens (primary N) is 1. The highest BCUT2D eigenvalue weighted by Gasteiger charge is 2.16.